The van der Waals surface area contributed by atoms with Gasteiger partial charge in [-0.3, -0.25) is 0 Å². The predicted octanol–water partition coefficient (Wildman–Crippen LogP) is 6.95. The second kappa shape index (κ2) is 12.9. The van der Waals surface area contributed by atoms with Gasteiger partial charge in [0.25, 0.3) is 0 Å². The molecule has 1 fully saturated rings. The molecule has 1 aliphatic heterocycles. The van der Waals surface area contributed by atoms with Crippen molar-refractivity contribution < 1.29 is 22.7 Å². The number of amidine groups is 1. The van der Waals surface area contributed by atoms with Gasteiger partial charge >= 0.3 is 12.4 Å². The lowest BCUT2D eigenvalue weighted by molar-refractivity contribution is -0.274. The largest absolute Gasteiger partial charge is 0.573 e. The van der Waals surface area contributed by atoms with E-state index in [1.54, 1.807) is 17.8 Å². The van der Waals surface area contributed by atoms with Crippen molar-refractivity contribution in [1.82, 2.24) is 20.1 Å². The van der Waals surface area contributed by atoms with E-state index in [9.17, 15) is 18.0 Å². The van der Waals surface area contributed by atoms with Crippen molar-refractivity contribution in [3.8, 4) is 22.8 Å². The standard InChI is InChI=1S/C31H31F3N6O2S/c1-4-23-17-20(2)9-14-25(23)40-21(3)18-43-30(40)37-29(41)35-16-15-22-10-12-24(13-11-22)28-36-19-39(38-28)26-7-5-6-8-27(26)42-31(32,33)34/h5-14,17,19,21H,4,15-16,18H2,1-3H3,(H,35,41)/b37-30-. The number of hydrogen-bond acceptors (Lipinski definition) is 5. The number of para-hydroxylation sites is 2. The molecule has 43 heavy (non-hydrogen) atoms. The number of hydrogen-bond donors (Lipinski definition) is 1. The SMILES string of the molecule is CCc1cc(C)ccc1N1/C(=N/C(=O)NCCc2ccc(-c3ncn(-c4ccccc4OC(F)(F)F)n3)cc2)SCC1C. The van der Waals surface area contributed by atoms with E-state index in [0.717, 1.165) is 23.4 Å². The fourth-order valence-corrected chi connectivity index (χ4v) is 5.92. The lowest BCUT2D eigenvalue weighted by Crippen LogP contribution is -2.34. The number of nitrogens with one attached hydrogen (secondary N) is 1. The lowest BCUT2D eigenvalue weighted by atomic mass is 10.1. The summed E-state index contributed by atoms with van der Waals surface area (Å²) in [5.41, 5.74) is 5.33. The van der Waals surface area contributed by atoms with Gasteiger partial charge in [-0.25, -0.2) is 14.5 Å². The van der Waals surface area contributed by atoms with Gasteiger partial charge in [-0.1, -0.05) is 72.8 Å². The molecule has 1 aromatic heterocycles. The number of carbonyl (C=O) groups excluding carboxylic acids is 1. The van der Waals surface area contributed by atoms with Gasteiger partial charge in [-0.05, 0) is 56.0 Å². The van der Waals surface area contributed by atoms with Gasteiger partial charge in [0, 0.05) is 29.6 Å². The Balaban J connectivity index is 1.19. The van der Waals surface area contributed by atoms with Crippen LogP contribution in [0.3, 0.4) is 0 Å². The number of nitrogens with zero attached hydrogens (tertiary/aromatic N) is 5. The molecule has 0 radical (unpaired) electrons. The number of rotatable bonds is 8. The molecule has 4 aromatic rings. The smallest absolute Gasteiger partial charge is 0.403 e. The topological polar surface area (TPSA) is 84.6 Å². The first-order chi connectivity index (χ1) is 20.6. The number of benzene rings is 3. The minimum Gasteiger partial charge on any atom is -0.403 e. The minimum atomic E-state index is -4.82. The maximum absolute atomic E-state index is 12.8. The summed E-state index contributed by atoms with van der Waals surface area (Å²) < 4.78 is 43.8. The average molecular weight is 609 g/mol. The second-order valence-corrected chi connectivity index (χ2v) is 11.1. The molecule has 2 heterocycles. The molecule has 3 aromatic carbocycles. The molecule has 1 aliphatic rings. The van der Waals surface area contributed by atoms with Crippen molar-refractivity contribution in [2.75, 3.05) is 17.2 Å². The summed E-state index contributed by atoms with van der Waals surface area (Å²) in [4.78, 5) is 23.5. The van der Waals surface area contributed by atoms with Crippen LogP contribution >= 0.6 is 11.8 Å². The normalized spacial score (nSPS) is 16.1. The predicted molar refractivity (Wildman–Crippen MR) is 163 cm³/mol. The Morgan fingerprint density at radius 2 is 1.88 bits per heavy atom. The van der Waals surface area contributed by atoms with E-state index >= 15 is 0 Å². The number of ether oxygens (including phenoxy) is 1. The zero-order chi connectivity index (χ0) is 30.6. The van der Waals surface area contributed by atoms with Crippen LogP contribution in [0.5, 0.6) is 5.75 Å². The van der Waals surface area contributed by atoms with Crippen LogP contribution in [0.15, 0.2) is 78.0 Å². The minimum absolute atomic E-state index is 0.118. The highest BCUT2D eigenvalue weighted by molar-refractivity contribution is 8.14. The lowest BCUT2D eigenvalue weighted by Gasteiger charge is -2.26. The number of aryl methyl sites for hydroxylation is 2. The number of thioether (sulfide) groups is 1. The second-order valence-electron chi connectivity index (χ2n) is 10.1. The van der Waals surface area contributed by atoms with Gasteiger partial charge < -0.3 is 15.0 Å². The summed E-state index contributed by atoms with van der Waals surface area (Å²) in [6.07, 6.45) is -2.00. The van der Waals surface area contributed by atoms with Crippen molar-refractivity contribution in [1.29, 1.82) is 0 Å². The molecule has 0 saturated carbocycles. The number of aromatic nitrogens is 3. The molecule has 224 valence electrons. The third-order valence-corrected chi connectivity index (χ3v) is 8.10. The molecule has 5 rings (SSSR count). The molecule has 0 spiro atoms. The summed E-state index contributed by atoms with van der Waals surface area (Å²) in [6, 6.07) is 19.4. The average Bonchev–Trinajstić information content (AvgIpc) is 3.60. The highest BCUT2D eigenvalue weighted by Gasteiger charge is 2.32. The van der Waals surface area contributed by atoms with E-state index in [-0.39, 0.29) is 23.5 Å². The van der Waals surface area contributed by atoms with E-state index in [0.29, 0.717) is 29.5 Å². The van der Waals surface area contributed by atoms with Crippen LogP contribution in [0.4, 0.5) is 23.7 Å². The molecule has 1 N–H and O–H groups in total. The van der Waals surface area contributed by atoms with Crippen molar-refractivity contribution in [3.05, 3.63) is 89.7 Å². The van der Waals surface area contributed by atoms with Crippen molar-refractivity contribution in [2.24, 2.45) is 4.99 Å². The van der Waals surface area contributed by atoms with Crippen molar-refractivity contribution in [2.45, 2.75) is 46.0 Å². The fraction of sp³-hybridized carbons (Fsp3) is 0.290. The van der Waals surface area contributed by atoms with Gasteiger partial charge in [-0.2, -0.15) is 4.99 Å². The summed E-state index contributed by atoms with van der Waals surface area (Å²) in [5, 5.41) is 7.92. The summed E-state index contributed by atoms with van der Waals surface area (Å²) in [6.45, 7) is 6.75. The Hall–Kier alpha value is -4.32. The first-order valence-corrected chi connectivity index (χ1v) is 14.8. The Labute approximate surface area is 252 Å². The van der Waals surface area contributed by atoms with E-state index in [4.69, 9.17) is 0 Å². The highest BCUT2D eigenvalue weighted by Crippen LogP contribution is 2.33. The summed E-state index contributed by atoms with van der Waals surface area (Å²) >= 11 is 1.58. The van der Waals surface area contributed by atoms with Gasteiger partial charge in [0.2, 0.25) is 0 Å². The monoisotopic (exact) mass is 608 g/mol. The third kappa shape index (κ3) is 7.37. The van der Waals surface area contributed by atoms with E-state index in [1.807, 2.05) is 24.3 Å². The zero-order valence-electron chi connectivity index (χ0n) is 23.9. The number of aliphatic imine (C=N–C) groups is 1. The number of carbonyl (C=O) groups is 1. The number of amides is 2. The van der Waals surface area contributed by atoms with E-state index in [2.05, 4.69) is 69.0 Å². The first kappa shape index (κ1) is 30.1. The van der Waals surface area contributed by atoms with Crippen molar-refractivity contribution >= 4 is 28.6 Å². The van der Waals surface area contributed by atoms with Crippen LogP contribution in [0.25, 0.3) is 17.1 Å². The Bertz CT molecular complexity index is 1620. The molecule has 8 nitrogen and oxygen atoms in total. The molecule has 1 saturated heterocycles. The van der Waals surface area contributed by atoms with Crippen molar-refractivity contribution in [3.63, 3.8) is 0 Å². The molecule has 2 amide bonds. The van der Waals surface area contributed by atoms with Crippen LogP contribution in [-0.4, -0.2) is 50.7 Å². The van der Waals surface area contributed by atoms with Gasteiger partial charge in [0.1, 0.15) is 12.0 Å². The Kier molecular flexibility index (Phi) is 9.05. The van der Waals surface area contributed by atoms with Gasteiger partial charge in [0.05, 0.1) is 0 Å². The van der Waals surface area contributed by atoms with Crippen LogP contribution < -0.4 is 15.0 Å². The Morgan fingerprint density at radius 1 is 1.12 bits per heavy atom. The maximum Gasteiger partial charge on any atom is 0.573 e. The summed E-state index contributed by atoms with van der Waals surface area (Å²) in [7, 11) is 0. The first-order valence-electron chi connectivity index (χ1n) is 13.9. The number of anilines is 1. The highest BCUT2D eigenvalue weighted by atomic mass is 32.2. The molecular weight excluding hydrogens is 577 g/mol. The van der Waals surface area contributed by atoms with E-state index < -0.39 is 6.36 Å². The molecule has 12 heteroatoms. The molecule has 0 bridgehead atoms. The molecule has 1 atom stereocenters. The van der Waals surface area contributed by atoms with Crippen LogP contribution in [0.2, 0.25) is 0 Å². The number of urea groups is 1. The zero-order valence-corrected chi connectivity index (χ0v) is 24.7. The van der Waals surface area contributed by atoms with Crippen LogP contribution in [0, 0.1) is 6.92 Å². The van der Waals surface area contributed by atoms with Crippen LogP contribution in [0.1, 0.15) is 30.5 Å². The number of halogens is 3. The molecule has 1 unspecified atom stereocenters. The number of alkyl halides is 3. The fourth-order valence-electron chi connectivity index (χ4n) is 4.82. The summed E-state index contributed by atoms with van der Waals surface area (Å²) in [5.74, 6) is 0.838. The van der Waals surface area contributed by atoms with Gasteiger partial charge in [-0.15, -0.1) is 18.3 Å². The van der Waals surface area contributed by atoms with Gasteiger partial charge in [0.15, 0.2) is 16.7 Å². The Morgan fingerprint density at radius 3 is 2.63 bits per heavy atom. The maximum atomic E-state index is 12.8. The third-order valence-electron chi connectivity index (χ3n) is 6.90. The molecule has 0 aliphatic carbocycles. The quantitative estimate of drug-likeness (QED) is 0.233. The van der Waals surface area contributed by atoms with E-state index in [1.165, 1.54) is 40.3 Å². The molecular formula is C31H31F3N6O2S. The van der Waals surface area contributed by atoms with Crippen LogP contribution in [-0.2, 0) is 12.8 Å².